The summed E-state index contributed by atoms with van der Waals surface area (Å²) in [4.78, 5) is 27.9. The van der Waals surface area contributed by atoms with Crippen molar-refractivity contribution < 1.29 is 23.5 Å². The van der Waals surface area contributed by atoms with Crippen molar-refractivity contribution in [3.05, 3.63) is 27.3 Å². The standard InChI is InChI=1S/C21H28FIN2O4Si/c1-12-19(30(2,3)22)17(10-18(27)25-8-4-5-14(25)11-26)29-21(12)15-9-13(23)6-7-16(15)24-20(21)28/h6-7,9,12,14,17,19,26H,4-5,8,10-11H2,1-3H3,(H,24,28)/t12-,14+,17+,19-,21+/m1/s1. The first-order chi connectivity index (χ1) is 14.1. The van der Waals surface area contributed by atoms with Crippen molar-refractivity contribution in [2.75, 3.05) is 18.5 Å². The fourth-order valence-corrected chi connectivity index (χ4v) is 8.67. The molecule has 1 aromatic carbocycles. The summed E-state index contributed by atoms with van der Waals surface area (Å²) in [5, 5.41) is 12.5. The second-order valence-electron chi connectivity index (χ2n) is 9.18. The van der Waals surface area contributed by atoms with Crippen LogP contribution in [0.2, 0.25) is 18.6 Å². The third kappa shape index (κ3) is 3.41. The Morgan fingerprint density at radius 3 is 2.87 bits per heavy atom. The largest absolute Gasteiger partial charge is 0.394 e. The molecule has 5 atom stereocenters. The van der Waals surface area contributed by atoms with E-state index in [-0.39, 0.29) is 30.9 Å². The molecule has 0 aromatic heterocycles. The molecular formula is C21H28FIN2O4Si. The van der Waals surface area contributed by atoms with Gasteiger partial charge in [0.2, 0.25) is 14.3 Å². The summed E-state index contributed by atoms with van der Waals surface area (Å²) in [6.45, 7) is 5.66. The molecule has 3 aliphatic rings. The highest BCUT2D eigenvalue weighted by atomic mass is 127. The summed E-state index contributed by atoms with van der Waals surface area (Å²) in [6, 6.07) is 5.49. The second-order valence-corrected chi connectivity index (χ2v) is 14.2. The number of anilines is 1. The number of nitrogens with zero attached hydrogens (tertiary/aromatic N) is 1. The Kier molecular flexibility index (Phi) is 5.78. The molecule has 6 nitrogen and oxygen atoms in total. The predicted octanol–water partition coefficient (Wildman–Crippen LogP) is 3.39. The maximum absolute atomic E-state index is 15.5. The number of halogens is 2. The van der Waals surface area contributed by atoms with E-state index in [0.717, 1.165) is 22.0 Å². The van der Waals surface area contributed by atoms with Gasteiger partial charge in [-0.05, 0) is 66.7 Å². The lowest BCUT2D eigenvalue weighted by Gasteiger charge is -2.31. The first-order valence-electron chi connectivity index (χ1n) is 10.5. The zero-order valence-corrected chi connectivity index (χ0v) is 20.6. The average Bonchev–Trinajstić information content (AvgIpc) is 3.32. The fraction of sp³-hybridized carbons (Fsp3) is 0.619. The minimum Gasteiger partial charge on any atom is -0.394 e. The van der Waals surface area contributed by atoms with Crippen molar-refractivity contribution in [3.8, 4) is 0 Å². The van der Waals surface area contributed by atoms with E-state index in [4.69, 9.17) is 4.74 Å². The van der Waals surface area contributed by atoms with E-state index in [1.54, 1.807) is 18.0 Å². The van der Waals surface area contributed by atoms with Gasteiger partial charge in [-0.15, -0.1) is 0 Å². The molecule has 1 spiro atoms. The minimum atomic E-state index is -3.27. The van der Waals surface area contributed by atoms with Gasteiger partial charge in [-0.2, -0.15) is 0 Å². The van der Waals surface area contributed by atoms with Gasteiger partial charge < -0.3 is 24.2 Å². The molecule has 164 valence electrons. The Morgan fingerprint density at radius 1 is 1.47 bits per heavy atom. The molecule has 0 unspecified atom stereocenters. The Labute approximate surface area is 190 Å². The lowest BCUT2D eigenvalue weighted by Crippen LogP contribution is -2.42. The van der Waals surface area contributed by atoms with Crippen LogP contribution in [-0.4, -0.2) is 55.5 Å². The number of amides is 2. The average molecular weight is 546 g/mol. The van der Waals surface area contributed by atoms with Crippen LogP contribution in [-0.2, 0) is 19.9 Å². The van der Waals surface area contributed by atoms with E-state index in [2.05, 4.69) is 27.9 Å². The summed E-state index contributed by atoms with van der Waals surface area (Å²) in [7, 11) is -3.27. The van der Waals surface area contributed by atoms with E-state index in [1.165, 1.54) is 0 Å². The van der Waals surface area contributed by atoms with Crippen LogP contribution < -0.4 is 5.32 Å². The molecule has 3 heterocycles. The van der Waals surface area contributed by atoms with Crippen molar-refractivity contribution in [1.29, 1.82) is 0 Å². The number of aliphatic hydroxyl groups is 1. The van der Waals surface area contributed by atoms with Gasteiger partial charge in [-0.25, -0.2) is 0 Å². The van der Waals surface area contributed by atoms with Crippen LogP contribution in [0.4, 0.5) is 9.80 Å². The minimum absolute atomic E-state index is 0.0279. The number of aliphatic hydroxyl groups excluding tert-OH is 1. The van der Waals surface area contributed by atoms with Gasteiger partial charge >= 0.3 is 0 Å². The molecule has 1 aromatic rings. The van der Waals surface area contributed by atoms with Crippen LogP contribution in [0.15, 0.2) is 18.2 Å². The molecule has 0 bridgehead atoms. The van der Waals surface area contributed by atoms with Gasteiger partial charge in [-0.3, -0.25) is 9.59 Å². The normalized spacial score (nSPS) is 33.3. The maximum Gasteiger partial charge on any atom is 0.261 e. The maximum atomic E-state index is 15.5. The van der Waals surface area contributed by atoms with Crippen LogP contribution in [0.3, 0.4) is 0 Å². The van der Waals surface area contributed by atoms with E-state index < -0.39 is 31.6 Å². The summed E-state index contributed by atoms with van der Waals surface area (Å²) in [6.07, 6.45) is 0.979. The first-order valence-corrected chi connectivity index (χ1v) is 14.5. The predicted molar refractivity (Wildman–Crippen MR) is 122 cm³/mol. The van der Waals surface area contributed by atoms with Crippen LogP contribution in [0.25, 0.3) is 0 Å². The van der Waals surface area contributed by atoms with Crippen molar-refractivity contribution in [2.24, 2.45) is 5.92 Å². The van der Waals surface area contributed by atoms with Gasteiger partial charge in [0.1, 0.15) is 0 Å². The Bertz CT molecular complexity index is 879. The number of rotatable bonds is 4. The topological polar surface area (TPSA) is 78.9 Å². The number of carbonyl (C=O) groups is 2. The molecule has 3 aliphatic heterocycles. The van der Waals surface area contributed by atoms with Gasteiger partial charge in [0, 0.05) is 32.8 Å². The summed E-state index contributed by atoms with van der Waals surface area (Å²) >= 11 is 2.19. The number of carbonyl (C=O) groups excluding carboxylic acids is 2. The molecule has 2 saturated heterocycles. The van der Waals surface area contributed by atoms with Crippen molar-refractivity contribution in [2.45, 2.75) is 62.6 Å². The molecule has 0 aliphatic carbocycles. The fourth-order valence-electron chi connectivity index (χ4n) is 5.68. The monoisotopic (exact) mass is 546 g/mol. The number of hydrogen-bond acceptors (Lipinski definition) is 4. The van der Waals surface area contributed by atoms with E-state index >= 15 is 4.11 Å². The van der Waals surface area contributed by atoms with Crippen LogP contribution in [0, 0.1) is 9.49 Å². The molecule has 2 fully saturated rings. The number of nitrogens with one attached hydrogen (secondary N) is 1. The van der Waals surface area contributed by atoms with Gasteiger partial charge in [0.15, 0.2) is 5.60 Å². The van der Waals surface area contributed by atoms with Crippen molar-refractivity contribution in [3.63, 3.8) is 0 Å². The lowest BCUT2D eigenvalue weighted by atomic mass is 9.82. The number of ether oxygens (including phenoxy) is 1. The van der Waals surface area contributed by atoms with E-state index in [9.17, 15) is 14.7 Å². The number of benzene rings is 1. The van der Waals surface area contributed by atoms with Gasteiger partial charge in [0.05, 0.1) is 25.2 Å². The molecule has 0 saturated carbocycles. The Morgan fingerprint density at radius 2 is 2.20 bits per heavy atom. The second kappa shape index (κ2) is 7.82. The zero-order chi connectivity index (χ0) is 21.8. The van der Waals surface area contributed by atoms with Crippen molar-refractivity contribution >= 4 is 48.5 Å². The summed E-state index contributed by atoms with van der Waals surface area (Å²) in [5.74, 6) is -0.807. The van der Waals surface area contributed by atoms with E-state index in [1.807, 2.05) is 25.1 Å². The van der Waals surface area contributed by atoms with Gasteiger partial charge in [-0.1, -0.05) is 6.92 Å². The number of fused-ring (bicyclic) bond motifs is 2. The third-order valence-corrected chi connectivity index (χ3v) is 10.1. The van der Waals surface area contributed by atoms with Crippen molar-refractivity contribution in [1.82, 2.24) is 4.90 Å². The third-order valence-electron chi connectivity index (χ3n) is 6.96. The number of likely N-dealkylation sites (tertiary alicyclic amines) is 1. The Balaban J connectivity index is 1.69. The zero-order valence-electron chi connectivity index (χ0n) is 17.5. The molecule has 2 N–H and O–H groups in total. The van der Waals surface area contributed by atoms with Crippen LogP contribution in [0.5, 0.6) is 0 Å². The molecular weight excluding hydrogens is 518 g/mol. The molecule has 0 radical (unpaired) electrons. The highest BCUT2D eigenvalue weighted by molar-refractivity contribution is 14.1. The lowest BCUT2D eigenvalue weighted by molar-refractivity contribution is -0.148. The first kappa shape index (κ1) is 22.2. The van der Waals surface area contributed by atoms with E-state index in [0.29, 0.717) is 12.2 Å². The van der Waals surface area contributed by atoms with Crippen LogP contribution in [0.1, 0.15) is 31.7 Å². The smallest absolute Gasteiger partial charge is 0.261 e. The highest BCUT2D eigenvalue weighted by Crippen LogP contribution is 2.59. The number of hydrogen-bond donors (Lipinski definition) is 2. The Hall–Kier alpha value is -1.04. The van der Waals surface area contributed by atoms with Gasteiger partial charge in [0.25, 0.3) is 5.91 Å². The SMILES string of the molecule is C[C@@H]1[C@@H]([Si](C)(C)F)[C@H](CC(=O)N2CCC[C@H]2CO)O[C@@]12C(=O)Nc1ccc(I)cc12. The summed E-state index contributed by atoms with van der Waals surface area (Å²) in [5.41, 5.74) is -0.342. The molecule has 2 amide bonds. The summed E-state index contributed by atoms with van der Waals surface area (Å²) < 4.78 is 22.9. The van der Waals surface area contributed by atoms with Crippen LogP contribution >= 0.6 is 22.6 Å². The molecule has 9 heteroatoms. The quantitative estimate of drug-likeness (QED) is 0.345. The molecule has 4 rings (SSSR count). The highest BCUT2D eigenvalue weighted by Gasteiger charge is 2.65. The molecule has 30 heavy (non-hydrogen) atoms.